The van der Waals surface area contributed by atoms with Gasteiger partial charge in [0.05, 0.1) is 23.4 Å². The highest BCUT2D eigenvalue weighted by molar-refractivity contribution is 9.10. The Hall–Kier alpha value is -1.69. The third-order valence-electron chi connectivity index (χ3n) is 3.45. The summed E-state index contributed by atoms with van der Waals surface area (Å²) < 4.78 is 14.3. The first kappa shape index (κ1) is 14.3. The van der Waals surface area contributed by atoms with Gasteiger partial charge in [0.2, 0.25) is 0 Å². The zero-order valence-corrected chi connectivity index (χ0v) is 13.9. The highest BCUT2D eigenvalue weighted by Crippen LogP contribution is 2.42. The highest BCUT2D eigenvalue weighted by Gasteiger charge is 2.27. The van der Waals surface area contributed by atoms with Crippen LogP contribution in [0.25, 0.3) is 11.3 Å². The van der Waals surface area contributed by atoms with E-state index in [1.807, 2.05) is 25.2 Å². The van der Waals surface area contributed by atoms with Crippen molar-refractivity contribution in [2.75, 3.05) is 18.9 Å². The van der Waals surface area contributed by atoms with Crippen LogP contribution in [0.2, 0.25) is 0 Å². The second kappa shape index (κ2) is 4.94. The Morgan fingerprint density at radius 1 is 1.24 bits per heavy atom. The lowest BCUT2D eigenvalue weighted by Gasteiger charge is -2.19. The molecule has 0 unspecified atom stereocenters. The van der Waals surface area contributed by atoms with E-state index in [4.69, 9.17) is 15.2 Å². The van der Waals surface area contributed by atoms with E-state index >= 15 is 0 Å². The summed E-state index contributed by atoms with van der Waals surface area (Å²) in [5.41, 5.74) is 7.58. The van der Waals surface area contributed by atoms with Crippen molar-refractivity contribution in [3.8, 4) is 22.8 Å². The zero-order chi connectivity index (χ0) is 15.2. The molecule has 0 fully saturated rings. The fourth-order valence-corrected chi connectivity index (χ4v) is 2.72. The quantitative estimate of drug-likeness (QED) is 0.856. The van der Waals surface area contributed by atoms with Crippen LogP contribution in [-0.2, 0) is 7.05 Å². The first-order valence-electron chi connectivity index (χ1n) is 6.75. The molecule has 0 atom stereocenters. The minimum Gasteiger partial charge on any atom is -0.489 e. The van der Waals surface area contributed by atoms with Crippen LogP contribution >= 0.6 is 15.9 Å². The molecule has 2 aromatic rings. The van der Waals surface area contributed by atoms with Gasteiger partial charge in [-0.3, -0.25) is 4.68 Å². The van der Waals surface area contributed by atoms with Crippen molar-refractivity contribution in [1.29, 1.82) is 0 Å². The predicted molar refractivity (Wildman–Crippen MR) is 85.5 cm³/mol. The van der Waals surface area contributed by atoms with Gasteiger partial charge in [-0.1, -0.05) is 13.8 Å². The molecule has 6 heteroatoms. The zero-order valence-electron chi connectivity index (χ0n) is 12.3. The molecule has 0 spiro atoms. The molecule has 0 bridgehead atoms. The number of aromatic nitrogens is 2. The molecule has 112 valence electrons. The minimum atomic E-state index is -0.0198. The average molecular weight is 352 g/mol. The Morgan fingerprint density at radius 2 is 1.95 bits per heavy atom. The van der Waals surface area contributed by atoms with E-state index in [9.17, 15) is 0 Å². The molecular formula is C15H18BrN3O2. The second-order valence-electron chi connectivity index (χ2n) is 6.10. The number of nitrogen functional groups attached to an aromatic ring is 1. The van der Waals surface area contributed by atoms with Gasteiger partial charge in [-0.25, -0.2) is 0 Å². The van der Waals surface area contributed by atoms with Crippen molar-refractivity contribution in [2.45, 2.75) is 13.8 Å². The number of anilines is 1. The fraction of sp³-hybridized carbons (Fsp3) is 0.400. The van der Waals surface area contributed by atoms with Crippen LogP contribution in [-0.4, -0.2) is 23.0 Å². The first-order chi connectivity index (χ1) is 9.85. The molecule has 0 radical (unpaired) electrons. The van der Waals surface area contributed by atoms with E-state index in [-0.39, 0.29) is 5.41 Å². The number of nitrogens with two attached hydrogens (primary N) is 1. The molecule has 21 heavy (non-hydrogen) atoms. The SMILES string of the molecule is Cn1nc(-c2cc(Br)c3c(c2)OCC(C)(C)CO3)cc1N. The number of aryl methyl sites for hydroxylation is 1. The normalized spacial score (nSPS) is 16.6. The van der Waals surface area contributed by atoms with Gasteiger partial charge in [0, 0.05) is 24.1 Å². The predicted octanol–water partition coefficient (Wildman–Crippen LogP) is 3.23. The van der Waals surface area contributed by atoms with Gasteiger partial charge in [-0.15, -0.1) is 0 Å². The van der Waals surface area contributed by atoms with Gasteiger partial charge in [-0.2, -0.15) is 5.10 Å². The van der Waals surface area contributed by atoms with Crippen LogP contribution in [0.15, 0.2) is 22.7 Å². The lowest BCUT2D eigenvalue weighted by molar-refractivity contribution is 0.140. The maximum absolute atomic E-state index is 5.92. The third-order valence-corrected chi connectivity index (χ3v) is 4.04. The van der Waals surface area contributed by atoms with Crippen molar-refractivity contribution in [2.24, 2.45) is 12.5 Å². The van der Waals surface area contributed by atoms with Crippen LogP contribution in [0.4, 0.5) is 5.82 Å². The number of hydrogen-bond donors (Lipinski definition) is 1. The van der Waals surface area contributed by atoms with Crippen molar-refractivity contribution < 1.29 is 9.47 Å². The van der Waals surface area contributed by atoms with Crippen LogP contribution < -0.4 is 15.2 Å². The van der Waals surface area contributed by atoms with Crippen molar-refractivity contribution in [3.63, 3.8) is 0 Å². The van der Waals surface area contributed by atoms with Crippen LogP contribution in [0, 0.1) is 5.41 Å². The van der Waals surface area contributed by atoms with E-state index in [1.165, 1.54) is 0 Å². The minimum absolute atomic E-state index is 0.0198. The molecule has 1 aliphatic rings. The third kappa shape index (κ3) is 2.72. The van der Waals surface area contributed by atoms with Crippen molar-refractivity contribution in [1.82, 2.24) is 9.78 Å². The van der Waals surface area contributed by atoms with Crippen LogP contribution in [0.3, 0.4) is 0 Å². The van der Waals surface area contributed by atoms with Gasteiger partial charge in [-0.05, 0) is 28.1 Å². The largest absolute Gasteiger partial charge is 0.489 e. The molecule has 5 nitrogen and oxygen atoms in total. The molecule has 0 aliphatic carbocycles. The summed E-state index contributed by atoms with van der Waals surface area (Å²) in [6.45, 7) is 5.47. The van der Waals surface area contributed by atoms with E-state index in [0.29, 0.717) is 19.0 Å². The summed E-state index contributed by atoms with van der Waals surface area (Å²) in [6.07, 6.45) is 0. The summed E-state index contributed by atoms with van der Waals surface area (Å²) in [4.78, 5) is 0. The maximum atomic E-state index is 5.92. The topological polar surface area (TPSA) is 62.3 Å². The van der Waals surface area contributed by atoms with Crippen molar-refractivity contribution >= 4 is 21.7 Å². The van der Waals surface area contributed by atoms with Crippen LogP contribution in [0.5, 0.6) is 11.5 Å². The van der Waals surface area contributed by atoms with Gasteiger partial charge < -0.3 is 15.2 Å². The number of benzene rings is 1. The number of ether oxygens (including phenoxy) is 2. The smallest absolute Gasteiger partial charge is 0.175 e. The molecule has 1 aliphatic heterocycles. The molecule has 2 N–H and O–H groups in total. The molecule has 2 heterocycles. The summed E-state index contributed by atoms with van der Waals surface area (Å²) in [5.74, 6) is 2.09. The van der Waals surface area contributed by atoms with Crippen molar-refractivity contribution in [3.05, 3.63) is 22.7 Å². The summed E-state index contributed by atoms with van der Waals surface area (Å²) in [5, 5.41) is 4.40. The number of fused-ring (bicyclic) bond motifs is 1. The van der Waals surface area contributed by atoms with E-state index < -0.39 is 0 Å². The molecular weight excluding hydrogens is 334 g/mol. The van der Waals surface area contributed by atoms with E-state index in [0.717, 1.165) is 27.2 Å². The Labute approximate surface area is 132 Å². The van der Waals surface area contributed by atoms with E-state index in [1.54, 1.807) is 4.68 Å². The summed E-state index contributed by atoms with van der Waals surface area (Å²) in [6, 6.07) is 5.77. The summed E-state index contributed by atoms with van der Waals surface area (Å²) in [7, 11) is 1.82. The lowest BCUT2D eigenvalue weighted by atomic mass is 9.97. The molecule has 0 saturated carbocycles. The molecule has 0 amide bonds. The Kier molecular flexibility index (Phi) is 3.36. The maximum Gasteiger partial charge on any atom is 0.175 e. The Bertz CT molecular complexity index is 675. The number of rotatable bonds is 1. The summed E-state index contributed by atoms with van der Waals surface area (Å²) >= 11 is 3.56. The highest BCUT2D eigenvalue weighted by atomic mass is 79.9. The lowest BCUT2D eigenvalue weighted by Crippen LogP contribution is -2.26. The standard InChI is InChI=1S/C15H18BrN3O2/c1-15(2)7-20-12-5-9(4-10(16)14(12)21-8-15)11-6-13(17)19(3)18-11/h4-6H,7-8,17H2,1-3H3. The number of halogens is 1. The van der Waals surface area contributed by atoms with Gasteiger partial charge in [0.15, 0.2) is 11.5 Å². The second-order valence-corrected chi connectivity index (χ2v) is 6.96. The van der Waals surface area contributed by atoms with E-state index in [2.05, 4.69) is 34.9 Å². The molecule has 3 rings (SSSR count). The van der Waals surface area contributed by atoms with Gasteiger partial charge >= 0.3 is 0 Å². The Balaban J connectivity index is 2.04. The molecule has 0 saturated heterocycles. The van der Waals surface area contributed by atoms with Crippen LogP contribution in [0.1, 0.15) is 13.8 Å². The number of nitrogens with zero attached hydrogens (tertiary/aromatic N) is 2. The Morgan fingerprint density at radius 3 is 2.62 bits per heavy atom. The molecule has 1 aromatic carbocycles. The van der Waals surface area contributed by atoms with Gasteiger partial charge in [0.25, 0.3) is 0 Å². The first-order valence-corrected chi connectivity index (χ1v) is 7.54. The monoisotopic (exact) mass is 351 g/mol. The van der Waals surface area contributed by atoms with Gasteiger partial charge in [0.1, 0.15) is 5.82 Å². The molecule has 1 aromatic heterocycles. The number of hydrogen-bond acceptors (Lipinski definition) is 4. The fourth-order valence-electron chi connectivity index (χ4n) is 2.17. The average Bonchev–Trinajstić information content (AvgIpc) is 2.65.